The number of benzene rings is 1. The summed E-state index contributed by atoms with van der Waals surface area (Å²) in [5, 5.41) is 11.8. The number of hydrogen-bond donors (Lipinski definition) is 2. The fraction of sp³-hybridized carbons (Fsp3) is 0.500. The smallest absolute Gasteiger partial charge is 0.408 e. The molecule has 0 aliphatic carbocycles. The summed E-state index contributed by atoms with van der Waals surface area (Å²) < 4.78 is 10.9. The van der Waals surface area contributed by atoms with Crippen LogP contribution in [0, 0.1) is 0 Å². The summed E-state index contributed by atoms with van der Waals surface area (Å²) in [6.07, 6.45) is 0.0134. The average Bonchev–Trinajstić information content (AvgIpc) is 2.37. The first-order valence-corrected chi connectivity index (χ1v) is 7.22. The lowest BCUT2D eigenvalue weighted by molar-refractivity contribution is -0.136. The largest absolute Gasteiger partial charge is 0.493 e. The first kappa shape index (κ1) is 16.1. The number of para-hydroxylation sites is 1. The molecule has 1 aromatic carbocycles. The van der Waals surface area contributed by atoms with E-state index in [9.17, 15) is 9.59 Å². The van der Waals surface area contributed by atoms with Gasteiger partial charge >= 0.3 is 12.1 Å². The number of fused-ring (bicyclic) bond motifs is 1. The number of nitrogens with one attached hydrogen (secondary N) is 1. The van der Waals surface area contributed by atoms with Crippen LogP contribution in [-0.2, 0) is 16.0 Å². The summed E-state index contributed by atoms with van der Waals surface area (Å²) in [5.41, 5.74) is 0.833. The molecule has 6 heteroatoms. The Morgan fingerprint density at radius 1 is 1.41 bits per heavy atom. The number of carbonyl (C=O) groups is 2. The molecule has 22 heavy (non-hydrogen) atoms. The van der Waals surface area contributed by atoms with Gasteiger partial charge < -0.3 is 19.9 Å². The van der Waals surface area contributed by atoms with Crippen molar-refractivity contribution in [3.63, 3.8) is 0 Å². The summed E-state index contributed by atoms with van der Waals surface area (Å²) in [5.74, 6) is -0.364. The Morgan fingerprint density at radius 2 is 2.14 bits per heavy atom. The monoisotopic (exact) mass is 307 g/mol. The van der Waals surface area contributed by atoms with Crippen molar-refractivity contribution in [3.8, 4) is 5.75 Å². The SMILES string of the molecule is CC(C)(C)OC(=O)NC1CCOc2c(CC(=O)O)cccc21. The maximum Gasteiger partial charge on any atom is 0.408 e. The quantitative estimate of drug-likeness (QED) is 0.896. The molecule has 1 aromatic rings. The van der Waals surface area contributed by atoms with Crippen LogP contribution in [0.25, 0.3) is 0 Å². The van der Waals surface area contributed by atoms with Crippen LogP contribution in [0.1, 0.15) is 44.4 Å². The van der Waals surface area contributed by atoms with Gasteiger partial charge in [0.25, 0.3) is 0 Å². The minimum absolute atomic E-state index is 0.109. The Labute approximate surface area is 129 Å². The van der Waals surface area contributed by atoms with Crippen molar-refractivity contribution in [1.82, 2.24) is 5.32 Å². The van der Waals surface area contributed by atoms with E-state index in [4.69, 9.17) is 14.6 Å². The standard InChI is InChI=1S/C16H21NO5/c1-16(2,3)22-15(20)17-12-7-8-21-14-10(9-13(18)19)5-4-6-11(12)14/h4-6,12H,7-9H2,1-3H3,(H,17,20)(H,18,19). The molecule has 0 fully saturated rings. The summed E-state index contributed by atoms with van der Waals surface area (Å²) in [4.78, 5) is 22.9. The van der Waals surface area contributed by atoms with E-state index < -0.39 is 17.7 Å². The van der Waals surface area contributed by atoms with Crippen LogP contribution >= 0.6 is 0 Å². The van der Waals surface area contributed by atoms with E-state index in [1.165, 1.54) is 0 Å². The Morgan fingerprint density at radius 3 is 2.77 bits per heavy atom. The first-order valence-electron chi connectivity index (χ1n) is 7.22. The van der Waals surface area contributed by atoms with Crippen molar-refractivity contribution in [2.24, 2.45) is 0 Å². The third kappa shape index (κ3) is 4.13. The Kier molecular flexibility index (Phi) is 4.59. The predicted molar refractivity (Wildman–Crippen MR) is 80.0 cm³/mol. The van der Waals surface area contributed by atoms with Gasteiger partial charge in [0.05, 0.1) is 19.1 Å². The van der Waals surface area contributed by atoms with E-state index in [-0.39, 0.29) is 12.5 Å². The topological polar surface area (TPSA) is 84.9 Å². The molecule has 0 radical (unpaired) electrons. The Balaban J connectivity index is 2.18. The molecule has 1 aliphatic rings. The van der Waals surface area contributed by atoms with Crippen LogP contribution < -0.4 is 10.1 Å². The Bertz CT molecular complexity index is 576. The highest BCUT2D eigenvalue weighted by atomic mass is 16.6. The molecule has 1 heterocycles. The zero-order valence-electron chi connectivity index (χ0n) is 13.0. The molecule has 0 saturated carbocycles. The van der Waals surface area contributed by atoms with Gasteiger partial charge in [-0.1, -0.05) is 18.2 Å². The molecule has 1 unspecified atom stereocenters. The molecule has 6 nitrogen and oxygen atoms in total. The normalized spacial score (nSPS) is 17.1. The van der Waals surface area contributed by atoms with Crippen LogP contribution in [-0.4, -0.2) is 29.4 Å². The molecule has 1 amide bonds. The van der Waals surface area contributed by atoms with Gasteiger partial charge in [0.15, 0.2) is 0 Å². The predicted octanol–water partition coefficient (Wildman–Crippen LogP) is 2.66. The summed E-state index contributed by atoms with van der Waals surface area (Å²) in [6, 6.07) is 5.09. The maximum absolute atomic E-state index is 11.9. The van der Waals surface area contributed by atoms with Crippen LogP contribution in [0.15, 0.2) is 18.2 Å². The van der Waals surface area contributed by atoms with E-state index in [1.54, 1.807) is 32.9 Å². The lowest BCUT2D eigenvalue weighted by atomic mass is 9.96. The molecule has 2 rings (SSSR count). The molecule has 0 bridgehead atoms. The number of hydrogen-bond acceptors (Lipinski definition) is 4. The van der Waals surface area contributed by atoms with Crippen molar-refractivity contribution in [1.29, 1.82) is 0 Å². The molecular weight excluding hydrogens is 286 g/mol. The van der Waals surface area contributed by atoms with Gasteiger partial charge in [-0.3, -0.25) is 4.79 Å². The molecule has 0 saturated heterocycles. The lowest BCUT2D eigenvalue weighted by Gasteiger charge is -2.29. The maximum atomic E-state index is 11.9. The van der Waals surface area contributed by atoms with Gasteiger partial charge in [-0.2, -0.15) is 0 Å². The highest BCUT2D eigenvalue weighted by Crippen LogP contribution is 2.35. The molecule has 1 atom stereocenters. The van der Waals surface area contributed by atoms with E-state index in [0.29, 0.717) is 24.3 Å². The zero-order valence-corrected chi connectivity index (χ0v) is 13.0. The average molecular weight is 307 g/mol. The van der Waals surface area contributed by atoms with Crippen molar-refractivity contribution in [3.05, 3.63) is 29.3 Å². The van der Waals surface area contributed by atoms with Gasteiger partial charge in [-0.05, 0) is 20.8 Å². The first-order chi connectivity index (χ1) is 10.3. The lowest BCUT2D eigenvalue weighted by Crippen LogP contribution is -2.37. The third-order valence-electron chi connectivity index (χ3n) is 3.19. The summed E-state index contributed by atoms with van der Waals surface area (Å²) in [7, 11) is 0. The number of carbonyl (C=O) groups excluding carboxylic acids is 1. The number of carboxylic acid groups (broad SMARTS) is 1. The van der Waals surface area contributed by atoms with E-state index in [0.717, 1.165) is 5.56 Å². The minimum atomic E-state index is -0.917. The second kappa shape index (κ2) is 6.25. The number of alkyl carbamates (subject to hydrolysis) is 1. The molecule has 120 valence electrons. The fourth-order valence-corrected chi connectivity index (χ4v) is 2.39. The second-order valence-electron chi connectivity index (χ2n) is 6.24. The van der Waals surface area contributed by atoms with E-state index in [1.807, 2.05) is 6.07 Å². The number of aliphatic carboxylic acids is 1. The molecule has 0 aromatic heterocycles. The van der Waals surface area contributed by atoms with Crippen LogP contribution in [0.3, 0.4) is 0 Å². The van der Waals surface area contributed by atoms with Crippen molar-refractivity contribution < 1.29 is 24.2 Å². The van der Waals surface area contributed by atoms with Gasteiger partial charge in [0, 0.05) is 17.5 Å². The van der Waals surface area contributed by atoms with E-state index >= 15 is 0 Å². The van der Waals surface area contributed by atoms with Crippen molar-refractivity contribution in [2.45, 2.75) is 45.3 Å². The number of rotatable bonds is 3. The summed E-state index contributed by atoms with van der Waals surface area (Å²) in [6.45, 7) is 5.82. The molecule has 2 N–H and O–H groups in total. The summed E-state index contributed by atoms with van der Waals surface area (Å²) >= 11 is 0. The molecular formula is C16H21NO5. The number of ether oxygens (including phenoxy) is 2. The zero-order chi connectivity index (χ0) is 16.3. The highest BCUT2D eigenvalue weighted by molar-refractivity contribution is 5.72. The second-order valence-corrected chi connectivity index (χ2v) is 6.24. The minimum Gasteiger partial charge on any atom is -0.493 e. The fourth-order valence-electron chi connectivity index (χ4n) is 2.39. The molecule has 0 spiro atoms. The van der Waals surface area contributed by atoms with Gasteiger partial charge in [-0.15, -0.1) is 0 Å². The van der Waals surface area contributed by atoms with Crippen molar-refractivity contribution in [2.75, 3.05) is 6.61 Å². The highest BCUT2D eigenvalue weighted by Gasteiger charge is 2.27. The van der Waals surface area contributed by atoms with E-state index in [2.05, 4.69) is 5.32 Å². The van der Waals surface area contributed by atoms with Crippen LogP contribution in [0.5, 0.6) is 5.75 Å². The van der Waals surface area contributed by atoms with Crippen LogP contribution in [0.2, 0.25) is 0 Å². The molecule has 1 aliphatic heterocycles. The van der Waals surface area contributed by atoms with Gasteiger partial charge in [0.2, 0.25) is 0 Å². The Hall–Kier alpha value is -2.24. The van der Waals surface area contributed by atoms with Crippen molar-refractivity contribution >= 4 is 12.1 Å². The van der Waals surface area contributed by atoms with Crippen LogP contribution in [0.4, 0.5) is 4.79 Å². The van der Waals surface area contributed by atoms with Gasteiger partial charge in [0.1, 0.15) is 11.4 Å². The number of amides is 1. The number of carboxylic acids is 1. The third-order valence-corrected chi connectivity index (χ3v) is 3.19. The van der Waals surface area contributed by atoms with Gasteiger partial charge in [-0.25, -0.2) is 4.79 Å².